The van der Waals surface area contributed by atoms with Gasteiger partial charge in [0, 0.05) is 26.2 Å². The van der Waals surface area contributed by atoms with Crippen molar-refractivity contribution in [1.82, 2.24) is 5.32 Å². The third kappa shape index (κ3) is 5.52. The predicted octanol–water partition coefficient (Wildman–Crippen LogP) is 1.57. The van der Waals surface area contributed by atoms with Gasteiger partial charge in [0.05, 0.1) is 5.69 Å². The van der Waals surface area contributed by atoms with Gasteiger partial charge in [0.15, 0.2) is 0 Å². The molecule has 2 rings (SSSR count). The van der Waals surface area contributed by atoms with Crippen molar-refractivity contribution in [3.05, 3.63) is 30.1 Å². The second kappa shape index (κ2) is 9.86. The Morgan fingerprint density at radius 3 is 2.65 bits per heavy atom. The number of nitrogens with one attached hydrogen (secondary N) is 1. The van der Waals surface area contributed by atoms with Crippen LogP contribution in [0, 0.1) is 5.82 Å². The van der Waals surface area contributed by atoms with E-state index in [0.29, 0.717) is 25.3 Å². The van der Waals surface area contributed by atoms with E-state index in [4.69, 9.17) is 10.5 Å². The van der Waals surface area contributed by atoms with Gasteiger partial charge in [-0.1, -0.05) is 13.3 Å². The lowest BCUT2D eigenvalue weighted by Gasteiger charge is -2.20. The lowest BCUT2D eigenvalue weighted by Crippen LogP contribution is -2.40. The van der Waals surface area contributed by atoms with Gasteiger partial charge < -0.3 is 15.8 Å². The van der Waals surface area contributed by atoms with Crippen LogP contribution in [0.5, 0.6) is 0 Å². The van der Waals surface area contributed by atoms with Crippen LogP contribution < -0.4 is 16.1 Å². The summed E-state index contributed by atoms with van der Waals surface area (Å²) in [6.07, 6.45) is 2.92. The van der Waals surface area contributed by atoms with Crippen molar-refractivity contribution in [1.29, 1.82) is 0 Å². The minimum absolute atomic E-state index is 0.117. The third-order valence-electron chi connectivity index (χ3n) is 3.99. The summed E-state index contributed by atoms with van der Waals surface area (Å²) in [4.78, 5) is 23.9. The second-order valence-electron chi connectivity index (χ2n) is 6.07. The molecule has 142 valence electrons. The van der Waals surface area contributed by atoms with Gasteiger partial charge in [0.25, 0.3) is 5.91 Å². The van der Waals surface area contributed by atoms with Gasteiger partial charge in [-0.2, -0.15) is 5.10 Å². The van der Waals surface area contributed by atoms with Crippen molar-refractivity contribution in [2.75, 3.05) is 24.8 Å². The summed E-state index contributed by atoms with van der Waals surface area (Å²) in [7, 11) is 0. The zero-order valence-corrected chi connectivity index (χ0v) is 14.9. The van der Waals surface area contributed by atoms with Crippen LogP contribution in [0.1, 0.15) is 32.6 Å². The zero-order valence-electron chi connectivity index (χ0n) is 14.9. The number of rotatable bonds is 10. The van der Waals surface area contributed by atoms with Gasteiger partial charge in [-0.3, -0.25) is 14.6 Å². The highest BCUT2D eigenvalue weighted by molar-refractivity contribution is 6.40. The maximum atomic E-state index is 13.1. The minimum atomic E-state index is -0.765. The number of carbonyl (C=O) groups excluding carboxylic acids is 2. The summed E-state index contributed by atoms with van der Waals surface area (Å²) in [5.41, 5.74) is 6.15. The minimum Gasteiger partial charge on any atom is -0.381 e. The standard InChI is InChI=1S/C18H25FN4O3/c1-2-3-10-26-11-4-9-21-18(25)15-12-16(17(20)24)23(22-15)14-7-5-13(19)6-8-14/h5-8,16H,2-4,9-12H2,1H3,(H2,20,24)(H,21,25). The zero-order chi connectivity index (χ0) is 18.9. The quantitative estimate of drug-likeness (QED) is 0.616. The summed E-state index contributed by atoms with van der Waals surface area (Å²) in [5, 5.41) is 8.35. The normalized spacial score (nSPS) is 16.5. The Kier molecular flexibility index (Phi) is 7.53. The van der Waals surface area contributed by atoms with Crippen molar-refractivity contribution in [3.8, 4) is 0 Å². The molecule has 7 nitrogen and oxygen atoms in total. The van der Waals surface area contributed by atoms with Gasteiger partial charge in [-0.25, -0.2) is 4.39 Å². The van der Waals surface area contributed by atoms with Crippen LogP contribution in [0.4, 0.5) is 10.1 Å². The fourth-order valence-electron chi connectivity index (χ4n) is 2.53. The topological polar surface area (TPSA) is 97.0 Å². The first-order valence-corrected chi connectivity index (χ1v) is 8.80. The molecule has 1 aliphatic heterocycles. The van der Waals surface area contributed by atoms with E-state index >= 15 is 0 Å². The van der Waals surface area contributed by atoms with E-state index in [9.17, 15) is 14.0 Å². The van der Waals surface area contributed by atoms with E-state index in [1.54, 1.807) is 0 Å². The van der Waals surface area contributed by atoms with Crippen molar-refractivity contribution in [2.24, 2.45) is 10.8 Å². The van der Waals surface area contributed by atoms with Crippen molar-refractivity contribution >= 4 is 23.2 Å². The maximum absolute atomic E-state index is 13.1. The highest BCUT2D eigenvalue weighted by atomic mass is 19.1. The molecule has 0 saturated heterocycles. The summed E-state index contributed by atoms with van der Waals surface area (Å²) in [5.74, 6) is -1.33. The van der Waals surface area contributed by atoms with E-state index in [0.717, 1.165) is 19.4 Å². The highest BCUT2D eigenvalue weighted by Crippen LogP contribution is 2.24. The summed E-state index contributed by atoms with van der Waals surface area (Å²) >= 11 is 0. The fraction of sp³-hybridized carbons (Fsp3) is 0.500. The van der Waals surface area contributed by atoms with E-state index in [-0.39, 0.29) is 18.0 Å². The van der Waals surface area contributed by atoms with E-state index in [2.05, 4.69) is 17.3 Å². The van der Waals surface area contributed by atoms with Crippen LogP contribution in [0.15, 0.2) is 29.4 Å². The summed E-state index contributed by atoms with van der Waals surface area (Å²) in [6.45, 7) is 3.87. The number of anilines is 1. The number of carbonyl (C=O) groups is 2. The molecule has 3 N–H and O–H groups in total. The number of amides is 2. The number of primary amides is 1. The molecule has 1 aromatic carbocycles. The molecule has 1 aromatic rings. The number of hydrogen-bond acceptors (Lipinski definition) is 5. The molecule has 0 spiro atoms. The average Bonchev–Trinajstić information content (AvgIpc) is 3.07. The molecule has 0 bridgehead atoms. The average molecular weight is 364 g/mol. The highest BCUT2D eigenvalue weighted by Gasteiger charge is 2.34. The SMILES string of the molecule is CCCCOCCCNC(=O)C1=NN(c2ccc(F)cc2)C(C(N)=O)C1. The second-order valence-corrected chi connectivity index (χ2v) is 6.07. The first-order chi connectivity index (χ1) is 12.5. The van der Waals surface area contributed by atoms with Crippen LogP contribution in [0.2, 0.25) is 0 Å². The lowest BCUT2D eigenvalue weighted by molar-refractivity contribution is -0.119. The van der Waals surface area contributed by atoms with Crippen LogP contribution in [-0.4, -0.2) is 43.3 Å². The molecule has 0 aliphatic carbocycles. The number of halogens is 1. The Bertz CT molecular complexity index is 648. The molecule has 8 heteroatoms. The Morgan fingerprint density at radius 2 is 2.00 bits per heavy atom. The van der Waals surface area contributed by atoms with E-state index < -0.39 is 17.8 Å². The molecule has 0 radical (unpaired) electrons. The Balaban J connectivity index is 1.89. The summed E-state index contributed by atoms with van der Waals surface area (Å²) in [6, 6.07) is 4.74. The van der Waals surface area contributed by atoms with Gasteiger partial charge in [-0.15, -0.1) is 0 Å². The molecular weight excluding hydrogens is 339 g/mol. The number of hydrogen-bond donors (Lipinski definition) is 2. The number of ether oxygens (including phenoxy) is 1. The molecule has 1 heterocycles. The molecule has 1 unspecified atom stereocenters. The lowest BCUT2D eigenvalue weighted by atomic mass is 10.1. The van der Waals surface area contributed by atoms with E-state index in [1.807, 2.05) is 0 Å². The molecule has 2 amide bonds. The van der Waals surface area contributed by atoms with Gasteiger partial charge in [0.2, 0.25) is 5.91 Å². The Labute approximate surface area is 152 Å². The van der Waals surface area contributed by atoms with Gasteiger partial charge >= 0.3 is 0 Å². The van der Waals surface area contributed by atoms with Crippen LogP contribution in [0.3, 0.4) is 0 Å². The van der Waals surface area contributed by atoms with Gasteiger partial charge in [-0.05, 0) is 37.1 Å². The molecule has 1 atom stereocenters. The fourth-order valence-corrected chi connectivity index (χ4v) is 2.53. The number of benzene rings is 1. The monoisotopic (exact) mass is 364 g/mol. The smallest absolute Gasteiger partial charge is 0.267 e. The number of nitrogens with zero attached hydrogens (tertiary/aromatic N) is 2. The molecule has 0 aromatic heterocycles. The predicted molar refractivity (Wildman–Crippen MR) is 97.3 cm³/mol. The molecule has 0 fully saturated rings. The largest absolute Gasteiger partial charge is 0.381 e. The van der Waals surface area contributed by atoms with Crippen LogP contribution in [0.25, 0.3) is 0 Å². The maximum Gasteiger partial charge on any atom is 0.267 e. The Morgan fingerprint density at radius 1 is 1.31 bits per heavy atom. The number of unbranched alkanes of at least 4 members (excludes halogenated alkanes) is 1. The van der Waals surface area contributed by atoms with Crippen molar-refractivity contribution < 1.29 is 18.7 Å². The summed E-state index contributed by atoms with van der Waals surface area (Å²) < 4.78 is 18.5. The third-order valence-corrected chi connectivity index (χ3v) is 3.99. The number of nitrogens with two attached hydrogens (primary N) is 1. The first kappa shape index (κ1) is 19.8. The molecule has 1 aliphatic rings. The van der Waals surface area contributed by atoms with Crippen molar-refractivity contribution in [3.63, 3.8) is 0 Å². The first-order valence-electron chi connectivity index (χ1n) is 8.80. The van der Waals surface area contributed by atoms with Crippen LogP contribution in [-0.2, 0) is 14.3 Å². The van der Waals surface area contributed by atoms with Gasteiger partial charge in [0.1, 0.15) is 17.6 Å². The van der Waals surface area contributed by atoms with Crippen molar-refractivity contribution in [2.45, 2.75) is 38.6 Å². The molecular formula is C18H25FN4O3. The Hall–Kier alpha value is -2.48. The molecule has 26 heavy (non-hydrogen) atoms. The molecule has 0 saturated carbocycles. The van der Waals surface area contributed by atoms with E-state index in [1.165, 1.54) is 29.3 Å². The number of hydrazone groups is 1. The van der Waals surface area contributed by atoms with Crippen LogP contribution >= 0.6 is 0 Å².